The van der Waals surface area contributed by atoms with E-state index in [0.717, 1.165) is 5.65 Å². The van der Waals surface area contributed by atoms with Gasteiger partial charge in [-0.05, 0) is 24.3 Å². The lowest BCUT2D eigenvalue weighted by atomic mass is 10.2. The van der Waals surface area contributed by atoms with Crippen molar-refractivity contribution in [2.45, 2.75) is 0 Å². The summed E-state index contributed by atoms with van der Waals surface area (Å²) in [6.07, 6.45) is 5.21. The van der Waals surface area contributed by atoms with Crippen molar-refractivity contribution in [1.82, 2.24) is 9.38 Å². The van der Waals surface area contributed by atoms with Crippen LogP contribution in [0, 0.1) is 0 Å². The van der Waals surface area contributed by atoms with Gasteiger partial charge < -0.3 is 19.2 Å². The molecule has 0 unspecified atom stereocenters. The third kappa shape index (κ3) is 2.58. The zero-order valence-electron chi connectivity index (χ0n) is 12.2. The molecule has 0 fully saturated rings. The van der Waals surface area contributed by atoms with Gasteiger partial charge in [-0.15, -0.1) is 0 Å². The first-order valence-electron chi connectivity index (χ1n) is 6.67. The SMILES string of the molecule is COc1ccc(NC(=O)c2ccc3nccn3c2)c(OC)c1. The lowest BCUT2D eigenvalue weighted by Gasteiger charge is -2.11. The van der Waals surface area contributed by atoms with Gasteiger partial charge in [0.2, 0.25) is 0 Å². The van der Waals surface area contributed by atoms with E-state index >= 15 is 0 Å². The molecule has 0 aliphatic heterocycles. The lowest BCUT2D eigenvalue weighted by molar-refractivity contribution is 0.102. The van der Waals surface area contributed by atoms with Crippen LogP contribution in [0.3, 0.4) is 0 Å². The Morgan fingerprint density at radius 3 is 2.82 bits per heavy atom. The molecule has 0 saturated carbocycles. The molecular weight excluding hydrogens is 282 g/mol. The van der Waals surface area contributed by atoms with E-state index in [1.54, 1.807) is 67.5 Å². The number of nitrogens with zero attached hydrogens (tertiary/aromatic N) is 2. The topological polar surface area (TPSA) is 64.9 Å². The first-order valence-corrected chi connectivity index (χ1v) is 6.67. The van der Waals surface area contributed by atoms with Crippen molar-refractivity contribution in [3.8, 4) is 11.5 Å². The Bertz CT molecular complexity index is 826. The van der Waals surface area contributed by atoms with E-state index in [-0.39, 0.29) is 5.91 Å². The van der Waals surface area contributed by atoms with E-state index in [1.807, 2.05) is 0 Å². The van der Waals surface area contributed by atoms with Crippen LogP contribution in [0.2, 0.25) is 0 Å². The van der Waals surface area contributed by atoms with Crippen molar-refractivity contribution < 1.29 is 14.3 Å². The molecule has 1 N–H and O–H groups in total. The highest BCUT2D eigenvalue weighted by Crippen LogP contribution is 2.29. The largest absolute Gasteiger partial charge is 0.497 e. The Morgan fingerprint density at radius 2 is 2.05 bits per heavy atom. The number of carbonyl (C=O) groups is 1. The number of nitrogens with one attached hydrogen (secondary N) is 1. The molecule has 3 aromatic rings. The molecule has 0 aliphatic carbocycles. The van der Waals surface area contributed by atoms with Gasteiger partial charge >= 0.3 is 0 Å². The summed E-state index contributed by atoms with van der Waals surface area (Å²) in [7, 11) is 3.12. The third-order valence-electron chi connectivity index (χ3n) is 3.31. The Balaban J connectivity index is 1.87. The molecular formula is C16H15N3O3. The maximum atomic E-state index is 12.4. The van der Waals surface area contributed by atoms with Crippen LogP contribution in [0.4, 0.5) is 5.69 Å². The molecule has 3 rings (SSSR count). The minimum Gasteiger partial charge on any atom is -0.497 e. The molecule has 0 atom stereocenters. The molecule has 1 amide bonds. The van der Waals surface area contributed by atoms with E-state index in [1.165, 1.54) is 0 Å². The van der Waals surface area contributed by atoms with E-state index in [2.05, 4.69) is 10.3 Å². The van der Waals surface area contributed by atoms with Crippen LogP contribution in [0.5, 0.6) is 11.5 Å². The normalized spacial score (nSPS) is 10.5. The van der Waals surface area contributed by atoms with Gasteiger partial charge in [0.15, 0.2) is 0 Å². The molecule has 0 spiro atoms. The van der Waals surface area contributed by atoms with E-state index in [4.69, 9.17) is 9.47 Å². The maximum Gasteiger partial charge on any atom is 0.257 e. The van der Waals surface area contributed by atoms with Crippen LogP contribution in [0.25, 0.3) is 5.65 Å². The Hall–Kier alpha value is -3.02. The molecule has 1 aromatic carbocycles. The summed E-state index contributed by atoms with van der Waals surface area (Å²) in [6.45, 7) is 0. The van der Waals surface area contributed by atoms with Crippen molar-refractivity contribution in [2.24, 2.45) is 0 Å². The van der Waals surface area contributed by atoms with Gasteiger partial charge in [0.25, 0.3) is 5.91 Å². The number of methoxy groups -OCH3 is 2. The Morgan fingerprint density at radius 1 is 1.18 bits per heavy atom. The highest BCUT2D eigenvalue weighted by Gasteiger charge is 2.11. The first kappa shape index (κ1) is 13.9. The van der Waals surface area contributed by atoms with Gasteiger partial charge in [0.1, 0.15) is 17.1 Å². The van der Waals surface area contributed by atoms with Crippen LogP contribution in [0.15, 0.2) is 48.9 Å². The van der Waals surface area contributed by atoms with E-state index in [0.29, 0.717) is 22.7 Å². The Labute approximate surface area is 127 Å². The number of benzene rings is 1. The number of anilines is 1. The number of pyridine rings is 1. The number of carbonyl (C=O) groups excluding carboxylic acids is 1. The average molecular weight is 297 g/mol. The number of imidazole rings is 1. The quantitative estimate of drug-likeness (QED) is 0.804. The smallest absolute Gasteiger partial charge is 0.257 e. The zero-order valence-corrected chi connectivity index (χ0v) is 12.2. The van der Waals surface area contributed by atoms with Crippen molar-refractivity contribution >= 4 is 17.2 Å². The summed E-state index contributed by atoms with van der Waals surface area (Å²) in [6, 6.07) is 8.74. The first-order chi connectivity index (χ1) is 10.7. The highest BCUT2D eigenvalue weighted by atomic mass is 16.5. The minimum absolute atomic E-state index is 0.223. The number of amides is 1. The van der Waals surface area contributed by atoms with Gasteiger partial charge in [0, 0.05) is 24.7 Å². The monoisotopic (exact) mass is 297 g/mol. The van der Waals surface area contributed by atoms with Crippen molar-refractivity contribution in [2.75, 3.05) is 19.5 Å². The van der Waals surface area contributed by atoms with Crippen molar-refractivity contribution in [3.63, 3.8) is 0 Å². The fraction of sp³-hybridized carbons (Fsp3) is 0.125. The molecule has 112 valence electrons. The second-order valence-corrected chi connectivity index (χ2v) is 4.63. The van der Waals surface area contributed by atoms with Crippen LogP contribution < -0.4 is 14.8 Å². The maximum absolute atomic E-state index is 12.4. The molecule has 0 radical (unpaired) electrons. The van der Waals surface area contributed by atoms with E-state index in [9.17, 15) is 4.79 Å². The fourth-order valence-electron chi connectivity index (χ4n) is 2.15. The third-order valence-corrected chi connectivity index (χ3v) is 3.31. The Kier molecular flexibility index (Phi) is 3.65. The predicted octanol–water partition coefficient (Wildman–Crippen LogP) is 2.60. The fourth-order valence-corrected chi connectivity index (χ4v) is 2.15. The molecule has 6 heteroatoms. The number of ether oxygens (including phenoxy) is 2. The summed E-state index contributed by atoms with van der Waals surface area (Å²) in [5, 5.41) is 2.83. The summed E-state index contributed by atoms with van der Waals surface area (Å²) < 4.78 is 12.2. The van der Waals surface area contributed by atoms with Gasteiger partial charge in [-0.25, -0.2) is 4.98 Å². The molecule has 0 saturated heterocycles. The average Bonchev–Trinajstić information content (AvgIpc) is 3.02. The molecule has 22 heavy (non-hydrogen) atoms. The number of aromatic nitrogens is 2. The lowest BCUT2D eigenvalue weighted by Crippen LogP contribution is -2.13. The molecule has 2 aromatic heterocycles. The van der Waals surface area contributed by atoms with Crippen LogP contribution in [0.1, 0.15) is 10.4 Å². The van der Waals surface area contributed by atoms with Crippen LogP contribution in [-0.2, 0) is 0 Å². The summed E-state index contributed by atoms with van der Waals surface area (Å²) in [5.74, 6) is 0.977. The molecule has 0 aliphatic rings. The summed E-state index contributed by atoms with van der Waals surface area (Å²) in [5.41, 5.74) is 1.90. The second-order valence-electron chi connectivity index (χ2n) is 4.63. The second kappa shape index (κ2) is 5.77. The minimum atomic E-state index is -0.223. The van der Waals surface area contributed by atoms with E-state index < -0.39 is 0 Å². The zero-order chi connectivity index (χ0) is 15.5. The number of hydrogen-bond donors (Lipinski definition) is 1. The standard InChI is InChI=1S/C16H15N3O3/c1-21-12-4-5-13(14(9-12)22-2)18-16(20)11-3-6-15-17-7-8-19(15)10-11/h3-10H,1-2H3,(H,18,20). The van der Waals surface area contributed by atoms with Crippen molar-refractivity contribution in [1.29, 1.82) is 0 Å². The van der Waals surface area contributed by atoms with Gasteiger partial charge in [0.05, 0.1) is 25.5 Å². The highest BCUT2D eigenvalue weighted by molar-refractivity contribution is 6.05. The van der Waals surface area contributed by atoms with Gasteiger partial charge in [-0.1, -0.05) is 0 Å². The molecule has 2 heterocycles. The predicted molar refractivity (Wildman–Crippen MR) is 82.7 cm³/mol. The molecule has 0 bridgehead atoms. The molecule has 6 nitrogen and oxygen atoms in total. The van der Waals surface area contributed by atoms with Gasteiger partial charge in [-0.2, -0.15) is 0 Å². The number of rotatable bonds is 4. The summed E-state index contributed by atoms with van der Waals surface area (Å²) >= 11 is 0. The number of hydrogen-bond acceptors (Lipinski definition) is 4. The summed E-state index contributed by atoms with van der Waals surface area (Å²) in [4.78, 5) is 16.5. The van der Waals surface area contributed by atoms with Gasteiger partial charge in [-0.3, -0.25) is 4.79 Å². The van der Waals surface area contributed by atoms with Crippen molar-refractivity contribution in [3.05, 3.63) is 54.5 Å². The van der Waals surface area contributed by atoms with Crippen LogP contribution >= 0.6 is 0 Å². The number of fused-ring (bicyclic) bond motifs is 1. The van der Waals surface area contributed by atoms with Crippen LogP contribution in [-0.4, -0.2) is 29.5 Å².